The second kappa shape index (κ2) is 62.2. The van der Waals surface area contributed by atoms with E-state index >= 15 is 0 Å². The maximum absolute atomic E-state index is 12.8. The predicted molar refractivity (Wildman–Crippen MR) is 339 cm³/mol. The van der Waals surface area contributed by atoms with Gasteiger partial charge < -0.3 is 71.5 Å². The summed E-state index contributed by atoms with van der Waals surface area (Å²) in [6, 6.07) is -2.65. The molecule has 1 aliphatic carbocycles. The Balaban J connectivity index is -0.000000588. The molecule has 5 atom stereocenters. The molecular formula is C60H119N5O21S. The highest BCUT2D eigenvalue weighted by atomic mass is 32.2. The highest BCUT2D eigenvalue weighted by Gasteiger charge is 2.30. The van der Waals surface area contributed by atoms with Crippen LogP contribution in [0.3, 0.4) is 0 Å². The van der Waals surface area contributed by atoms with E-state index in [0.29, 0.717) is 57.1 Å². The lowest BCUT2D eigenvalue weighted by Crippen LogP contribution is -2.44. The number of aliphatic hydroxyl groups excluding tert-OH is 1. The highest BCUT2D eigenvalue weighted by molar-refractivity contribution is 7.99. The molecule has 0 aliphatic heterocycles. The van der Waals surface area contributed by atoms with Gasteiger partial charge in [0.2, 0.25) is 23.6 Å². The second-order valence-electron chi connectivity index (χ2n) is 19.3. The zero-order valence-electron chi connectivity index (χ0n) is 46.0. The van der Waals surface area contributed by atoms with Crippen molar-refractivity contribution in [1.82, 2.24) is 21.3 Å². The maximum atomic E-state index is 12.8. The van der Waals surface area contributed by atoms with E-state index in [4.69, 9.17) is 40.0 Å². The zero-order valence-corrected chi connectivity index (χ0v) is 46.8. The van der Waals surface area contributed by atoms with E-state index in [-0.39, 0.29) is 228 Å². The summed E-state index contributed by atoms with van der Waals surface area (Å²) in [7, 11) is 0. The average Bonchev–Trinajstić information content (AvgIpc) is 3.40. The smallest absolute Gasteiger partial charge is 0.326 e. The minimum absolute atomic E-state index is 0. The van der Waals surface area contributed by atoms with Gasteiger partial charge in [0, 0.05) is 75.8 Å². The van der Waals surface area contributed by atoms with Crippen LogP contribution in [0.15, 0.2) is 0 Å². The summed E-state index contributed by atoms with van der Waals surface area (Å²) in [6.45, 7) is 4.76. The minimum Gasteiger partial charge on any atom is -0.481 e. The van der Waals surface area contributed by atoms with Crippen LogP contribution in [0.4, 0.5) is 0 Å². The largest absolute Gasteiger partial charge is 0.481 e. The van der Waals surface area contributed by atoms with E-state index in [9.17, 15) is 67.7 Å². The van der Waals surface area contributed by atoms with Crippen molar-refractivity contribution in [3.63, 3.8) is 0 Å². The van der Waals surface area contributed by atoms with Crippen molar-refractivity contribution < 1.29 is 102 Å². The van der Waals surface area contributed by atoms with Crippen LogP contribution in [0.1, 0.15) is 189 Å². The van der Waals surface area contributed by atoms with E-state index in [0.717, 1.165) is 12.8 Å². The molecule has 0 aromatic heterocycles. The standard InChI is InChI=1S/C48H78N4O20S.C4H9NO.8CH4/c1-32(40(56)26-35(27-53)46(63)64)30-73-31-43(59)49-18-3-2-8-38(47(65)66)51-42(58)29-72-25-23-70-21-19-50-41(57)28-71-24-22-69-20-5-7-37(55)16-17-39(48(67)68)52-45(62)34-13-10-33(11-14-34)12-15-36(54)6-4-9-44(60)61;1-3(5)4(2)6;;;;;;;;/h32-35,38-39,53H,2-31H2,1H3,(H,49,59)(H,50,57)(H,51,58)(H,52,62)(H,60,61)(H,63,64)(H,65,66)(H,67,68);3H,5H2,1-2H3;8*1H4/t32-,33?,34?,35-,38-,39+;3-;;;;;;;;/m00......../s1. The number of aliphatic carboxylic acids is 4. The van der Waals surface area contributed by atoms with Crippen LogP contribution in [-0.4, -0.2) is 198 Å². The molecule has 27 heteroatoms. The normalized spacial score (nSPS) is 14.4. The summed E-state index contributed by atoms with van der Waals surface area (Å²) in [5, 5.41) is 56.2. The van der Waals surface area contributed by atoms with Gasteiger partial charge in [0.25, 0.3) is 0 Å². The molecule has 1 rings (SSSR count). The summed E-state index contributed by atoms with van der Waals surface area (Å²) in [6.07, 6.45) is 5.34. The third-order valence-electron chi connectivity index (χ3n) is 12.4. The Morgan fingerprint density at radius 3 is 1.59 bits per heavy atom. The summed E-state index contributed by atoms with van der Waals surface area (Å²) in [5.41, 5.74) is 5.09. The Morgan fingerprint density at radius 1 is 0.552 bits per heavy atom. The Bertz CT molecular complexity index is 1900. The van der Waals surface area contributed by atoms with Crippen molar-refractivity contribution in [2.45, 2.75) is 207 Å². The number of carbonyl (C=O) groups excluding carboxylic acids is 8. The van der Waals surface area contributed by atoms with Crippen LogP contribution < -0.4 is 27.0 Å². The van der Waals surface area contributed by atoms with E-state index in [1.54, 1.807) is 13.8 Å². The van der Waals surface area contributed by atoms with Crippen LogP contribution in [-0.2, 0) is 76.5 Å². The fraction of sp³-hybridized carbons (Fsp3) is 0.800. The second-order valence-corrected chi connectivity index (χ2v) is 20.3. The number of hydrogen-bond acceptors (Lipinski definition) is 19. The Morgan fingerprint density at radius 2 is 1.06 bits per heavy atom. The first-order valence-electron chi connectivity index (χ1n) is 26.8. The lowest BCUT2D eigenvalue weighted by atomic mass is 9.79. The van der Waals surface area contributed by atoms with Crippen molar-refractivity contribution >= 4 is 82.4 Å². The number of carbonyl (C=O) groups is 12. The number of ether oxygens (including phenoxy) is 4. The van der Waals surface area contributed by atoms with E-state index in [2.05, 4.69) is 21.3 Å². The van der Waals surface area contributed by atoms with Crippen LogP contribution in [0, 0.1) is 23.7 Å². The number of carboxylic acids is 4. The quantitative estimate of drug-likeness (QED) is 0.0305. The van der Waals surface area contributed by atoms with Gasteiger partial charge in [0.1, 0.15) is 48.4 Å². The van der Waals surface area contributed by atoms with Gasteiger partial charge in [-0.25, -0.2) is 9.59 Å². The molecule has 0 bridgehead atoms. The first kappa shape index (κ1) is 101. The zero-order chi connectivity index (χ0) is 59.5. The maximum Gasteiger partial charge on any atom is 0.326 e. The lowest BCUT2D eigenvalue weighted by molar-refractivity contribution is -0.145. The molecule has 0 aromatic rings. The highest BCUT2D eigenvalue weighted by Crippen LogP contribution is 2.32. The fourth-order valence-corrected chi connectivity index (χ4v) is 8.36. The molecule has 0 unspecified atom stereocenters. The number of thioether (sulfide) groups is 1. The molecule has 4 amide bonds. The molecule has 1 fully saturated rings. The van der Waals surface area contributed by atoms with Crippen LogP contribution in [0.2, 0.25) is 0 Å². The van der Waals surface area contributed by atoms with E-state index in [1.165, 1.54) is 18.7 Å². The number of amides is 4. The Labute approximate surface area is 524 Å². The first-order valence-corrected chi connectivity index (χ1v) is 28.0. The number of Topliss-reactive ketones (excluding diaryl/α,β-unsaturated/α-hetero) is 4. The van der Waals surface area contributed by atoms with Crippen molar-refractivity contribution in [2.75, 3.05) is 84.1 Å². The molecule has 0 saturated heterocycles. The minimum atomic E-state index is -1.25. The van der Waals surface area contributed by atoms with Gasteiger partial charge in [0.15, 0.2) is 0 Å². The number of aliphatic hydroxyl groups is 1. The molecule has 26 nitrogen and oxygen atoms in total. The topological polar surface area (TPSA) is 417 Å². The number of nitrogens with two attached hydrogens (primary N) is 1. The van der Waals surface area contributed by atoms with Gasteiger partial charge in [-0.1, -0.05) is 66.3 Å². The summed E-state index contributed by atoms with van der Waals surface area (Å²) >= 11 is 1.21. The molecule has 87 heavy (non-hydrogen) atoms. The molecule has 516 valence electrons. The van der Waals surface area contributed by atoms with Crippen molar-refractivity contribution in [3.8, 4) is 0 Å². The van der Waals surface area contributed by atoms with Crippen LogP contribution in [0.5, 0.6) is 0 Å². The van der Waals surface area contributed by atoms with Crippen molar-refractivity contribution in [1.29, 1.82) is 0 Å². The number of hydrogen-bond donors (Lipinski definition) is 10. The number of rotatable bonds is 47. The van der Waals surface area contributed by atoms with Crippen LogP contribution in [0.25, 0.3) is 0 Å². The SMILES string of the molecule is C.C.C.C.C.C.C.C.CC(=O)[C@H](C)N.C[C@@H](CSCC(=O)NCCCC[C@H](NC(=O)COCCOCCNC(=O)COCCOCCCC(=O)CC[C@@H](NC(=O)C1CCC(CCC(=O)CCCC(=O)O)CC1)C(=O)O)C(=O)O)C(=O)C[C@@H](CO)C(=O)O. The van der Waals surface area contributed by atoms with E-state index in [1.807, 2.05) is 0 Å². The number of carboxylic acid groups (broad SMARTS) is 4. The molecule has 0 spiro atoms. The molecule has 11 N–H and O–H groups in total. The van der Waals surface area contributed by atoms with Gasteiger partial charge >= 0.3 is 23.9 Å². The summed E-state index contributed by atoms with van der Waals surface area (Å²) in [4.78, 5) is 141. The molecule has 1 aliphatic rings. The third-order valence-corrected chi connectivity index (χ3v) is 13.6. The van der Waals surface area contributed by atoms with Gasteiger partial charge in [-0.05, 0) is 90.4 Å². The number of nitrogens with one attached hydrogen (secondary N) is 4. The number of unbranched alkanes of at least 4 members (excludes halogenated alkanes) is 1. The van der Waals surface area contributed by atoms with Gasteiger partial charge in [-0.15, -0.1) is 0 Å². The molecule has 1 saturated carbocycles. The monoisotopic (exact) mass is 1280 g/mol. The molecule has 0 radical (unpaired) electrons. The van der Waals surface area contributed by atoms with Crippen molar-refractivity contribution in [3.05, 3.63) is 0 Å². The van der Waals surface area contributed by atoms with Crippen molar-refractivity contribution in [2.24, 2.45) is 29.4 Å². The Kier molecular flexibility index (Phi) is 71.8. The molecule has 0 aromatic carbocycles. The average molecular weight is 1280 g/mol. The Hall–Kier alpha value is -5.45. The van der Waals surface area contributed by atoms with Gasteiger partial charge in [-0.3, -0.25) is 47.9 Å². The summed E-state index contributed by atoms with van der Waals surface area (Å²) in [5.74, 6) is -8.06. The summed E-state index contributed by atoms with van der Waals surface area (Å²) < 4.78 is 21.3. The molecular weight excluding hydrogens is 1160 g/mol. The molecule has 0 heterocycles. The van der Waals surface area contributed by atoms with Gasteiger partial charge in [-0.2, -0.15) is 11.8 Å². The first-order chi connectivity index (χ1) is 37.5. The predicted octanol–water partition coefficient (Wildman–Crippen LogP) is 6.17. The van der Waals surface area contributed by atoms with E-state index < -0.39 is 66.9 Å². The number of ketones is 4. The third kappa shape index (κ3) is 55.6. The van der Waals surface area contributed by atoms with Gasteiger partial charge in [0.05, 0.1) is 57.4 Å². The van der Waals surface area contributed by atoms with Crippen LogP contribution >= 0.6 is 11.8 Å². The lowest BCUT2D eigenvalue weighted by Gasteiger charge is -2.28. The fourth-order valence-electron chi connectivity index (χ4n) is 7.41.